The summed E-state index contributed by atoms with van der Waals surface area (Å²) in [5.74, 6) is 1.20. The van der Waals surface area contributed by atoms with Gasteiger partial charge >= 0.3 is 0 Å². The van der Waals surface area contributed by atoms with E-state index in [2.05, 4.69) is 37.6 Å². The predicted molar refractivity (Wildman–Crippen MR) is 76.1 cm³/mol. The van der Waals surface area contributed by atoms with Gasteiger partial charge in [0.1, 0.15) is 5.82 Å². The summed E-state index contributed by atoms with van der Waals surface area (Å²) in [6.45, 7) is 9.99. The number of imidazole rings is 1. The van der Waals surface area contributed by atoms with Crippen molar-refractivity contribution in [1.82, 2.24) is 14.9 Å². The predicted octanol–water partition coefficient (Wildman–Crippen LogP) is 3.02. The van der Waals surface area contributed by atoms with Crippen LogP contribution in [0.4, 0.5) is 0 Å². The largest absolute Gasteiger partial charge is 0.328 e. The maximum atomic E-state index is 4.78. The molecule has 2 unspecified atom stereocenters. The first-order chi connectivity index (χ1) is 8.69. The maximum absolute atomic E-state index is 4.78. The van der Waals surface area contributed by atoms with E-state index in [0.717, 1.165) is 6.54 Å². The van der Waals surface area contributed by atoms with Crippen LogP contribution in [0.15, 0.2) is 0 Å². The lowest BCUT2D eigenvalue weighted by molar-refractivity contribution is 0.353. The van der Waals surface area contributed by atoms with Crippen molar-refractivity contribution in [2.75, 3.05) is 6.54 Å². The van der Waals surface area contributed by atoms with Crippen molar-refractivity contribution in [2.24, 2.45) is 0 Å². The number of hydrogen-bond acceptors (Lipinski definition) is 2. The molecule has 2 rings (SSSR count). The third-order valence-corrected chi connectivity index (χ3v) is 4.24. The van der Waals surface area contributed by atoms with Crippen molar-refractivity contribution in [3.63, 3.8) is 0 Å². The minimum absolute atomic E-state index is 0.504. The van der Waals surface area contributed by atoms with Gasteiger partial charge in [-0.15, -0.1) is 0 Å². The molecule has 2 atom stereocenters. The summed E-state index contributed by atoms with van der Waals surface area (Å²) in [5.41, 5.74) is 2.86. The zero-order valence-corrected chi connectivity index (χ0v) is 12.3. The second-order valence-electron chi connectivity index (χ2n) is 5.44. The number of aromatic nitrogens is 2. The quantitative estimate of drug-likeness (QED) is 0.869. The third kappa shape index (κ3) is 2.46. The molecule has 18 heavy (non-hydrogen) atoms. The Labute approximate surface area is 111 Å². The Hall–Kier alpha value is -0.830. The molecule has 3 nitrogen and oxygen atoms in total. The molecule has 3 heteroatoms. The highest BCUT2D eigenvalue weighted by molar-refractivity contribution is 5.21. The average Bonchev–Trinajstić information content (AvgIpc) is 2.71. The van der Waals surface area contributed by atoms with Gasteiger partial charge in [-0.3, -0.25) is 0 Å². The number of aryl methyl sites for hydroxylation is 2. The molecule has 0 amide bonds. The van der Waals surface area contributed by atoms with E-state index >= 15 is 0 Å². The van der Waals surface area contributed by atoms with Crippen molar-refractivity contribution in [2.45, 2.75) is 71.9 Å². The van der Waals surface area contributed by atoms with Gasteiger partial charge in [0.25, 0.3) is 0 Å². The van der Waals surface area contributed by atoms with Gasteiger partial charge < -0.3 is 9.88 Å². The number of hydrogen-bond donors (Lipinski definition) is 1. The molecule has 0 saturated carbocycles. The van der Waals surface area contributed by atoms with Crippen LogP contribution in [0.5, 0.6) is 0 Å². The first-order valence-electron chi connectivity index (χ1n) is 7.49. The fourth-order valence-corrected chi connectivity index (χ4v) is 3.34. The summed E-state index contributed by atoms with van der Waals surface area (Å²) in [6.07, 6.45) is 6.18. The molecule has 0 bridgehead atoms. The summed E-state index contributed by atoms with van der Waals surface area (Å²) < 4.78 is 2.49. The Morgan fingerprint density at radius 3 is 2.67 bits per heavy atom. The van der Waals surface area contributed by atoms with Crippen LogP contribution in [0.3, 0.4) is 0 Å². The van der Waals surface area contributed by atoms with Crippen molar-refractivity contribution in [1.29, 1.82) is 0 Å². The highest BCUT2D eigenvalue weighted by Crippen LogP contribution is 2.27. The smallest absolute Gasteiger partial charge is 0.106 e. The van der Waals surface area contributed by atoms with Gasteiger partial charge in [-0.2, -0.15) is 0 Å². The van der Waals surface area contributed by atoms with Crippen LogP contribution < -0.4 is 5.32 Å². The van der Waals surface area contributed by atoms with Crippen LogP contribution in [-0.4, -0.2) is 22.1 Å². The lowest BCUT2D eigenvalue weighted by Gasteiger charge is -2.28. The number of rotatable bonds is 5. The third-order valence-electron chi connectivity index (χ3n) is 4.24. The number of nitrogens with one attached hydrogen (secondary N) is 1. The first-order valence-corrected chi connectivity index (χ1v) is 7.49. The summed E-state index contributed by atoms with van der Waals surface area (Å²) >= 11 is 0. The standard InChI is InChI=1S/C15H27N3/c1-5-13(16-6-2)11(3)18-12(4)17-14-9-7-8-10-15(14)18/h11,13,16H,5-10H2,1-4H3. The van der Waals surface area contributed by atoms with E-state index in [-0.39, 0.29) is 0 Å². The van der Waals surface area contributed by atoms with Crippen LogP contribution in [0, 0.1) is 6.92 Å². The normalized spacial score (nSPS) is 18.4. The van der Waals surface area contributed by atoms with Gasteiger partial charge in [-0.05, 0) is 52.5 Å². The monoisotopic (exact) mass is 249 g/mol. The van der Waals surface area contributed by atoms with E-state index in [4.69, 9.17) is 4.98 Å². The number of fused-ring (bicyclic) bond motifs is 1. The molecule has 0 spiro atoms. The Kier molecular flexibility index (Phi) is 4.44. The molecule has 0 aromatic carbocycles. The SMILES string of the molecule is CCNC(CC)C(C)n1c(C)nc2c1CCCC2. The molecule has 0 fully saturated rings. The molecule has 1 aromatic heterocycles. The summed E-state index contributed by atoms with van der Waals surface area (Å²) in [7, 11) is 0. The molecule has 0 radical (unpaired) electrons. The Morgan fingerprint density at radius 2 is 2.00 bits per heavy atom. The van der Waals surface area contributed by atoms with Crippen molar-refractivity contribution < 1.29 is 0 Å². The number of likely N-dealkylation sites (N-methyl/N-ethyl adjacent to an activating group) is 1. The molecular weight excluding hydrogens is 222 g/mol. The summed E-state index contributed by atoms with van der Waals surface area (Å²) in [4.78, 5) is 4.78. The van der Waals surface area contributed by atoms with Crippen molar-refractivity contribution >= 4 is 0 Å². The molecule has 102 valence electrons. The fourth-order valence-electron chi connectivity index (χ4n) is 3.34. The summed E-state index contributed by atoms with van der Waals surface area (Å²) in [5, 5.41) is 3.61. The number of nitrogens with zero attached hydrogens (tertiary/aromatic N) is 2. The lowest BCUT2D eigenvalue weighted by Crippen LogP contribution is -2.36. The fraction of sp³-hybridized carbons (Fsp3) is 0.800. The van der Waals surface area contributed by atoms with Gasteiger partial charge in [0.15, 0.2) is 0 Å². The highest BCUT2D eigenvalue weighted by Gasteiger charge is 2.24. The van der Waals surface area contributed by atoms with E-state index in [1.165, 1.54) is 49.3 Å². The van der Waals surface area contributed by atoms with Gasteiger partial charge in [0.2, 0.25) is 0 Å². The van der Waals surface area contributed by atoms with E-state index in [1.54, 1.807) is 0 Å². The van der Waals surface area contributed by atoms with Crippen LogP contribution >= 0.6 is 0 Å². The van der Waals surface area contributed by atoms with E-state index in [9.17, 15) is 0 Å². The second-order valence-corrected chi connectivity index (χ2v) is 5.44. The molecule has 1 aromatic rings. The van der Waals surface area contributed by atoms with Crippen LogP contribution in [0.2, 0.25) is 0 Å². The van der Waals surface area contributed by atoms with Gasteiger partial charge in [0, 0.05) is 17.8 Å². The highest BCUT2D eigenvalue weighted by atomic mass is 15.1. The molecule has 0 aliphatic heterocycles. The van der Waals surface area contributed by atoms with E-state index in [1.807, 2.05) is 0 Å². The van der Waals surface area contributed by atoms with E-state index in [0.29, 0.717) is 12.1 Å². The van der Waals surface area contributed by atoms with Crippen molar-refractivity contribution in [3.05, 3.63) is 17.2 Å². The zero-order valence-electron chi connectivity index (χ0n) is 12.3. The molecule has 0 saturated heterocycles. The van der Waals surface area contributed by atoms with Crippen molar-refractivity contribution in [3.8, 4) is 0 Å². The topological polar surface area (TPSA) is 29.9 Å². The molecule has 1 aliphatic carbocycles. The molecule has 1 heterocycles. The van der Waals surface area contributed by atoms with Gasteiger partial charge in [0.05, 0.1) is 5.69 Å². The van der Waals surface area contributed by atoms with Gasteiger partial charge in [-0.1, -0.05) is 13.8 Å². The average molecular weight is 249 g/mol. The lowest BCUT2D eigenvalue weighted by atomic mass is 9.99. The molecular formula is C15H27N3. The maximum Gasteiger partial charge on any atom is 0.106 e. The Balaban J connectivity index is 2.28. The minimum atomic E-state index is 0.504. The van der Waals surface area contributed by atoms with Crippen LogP contribution in [0.25, 0.3) is 0 Å². The zero-order chi connectivity index (χ0) is 13.1. The van der Waals surface area contributed by atoms with E-state index < -0.39 is 0 Å². The van der Waals surface area contributed by atoms with Gasteiger partial charge in [-0.25, -0.2) is 4.98 Å². The van der Waals surface area contributed by atoms with Crippen LogP contribution in [-0.2, 0) is 12.8 Å². The second kappa shape index (κ2) is 5.87. The van der Waals surface area contributed by atoms with Crippen LogP contribution in [0.1, 0.15) is 63.3 Å². The minimum Gasteiger partial charge on any atom is -0.328 e. The Morgan fingerprint density at radius 1 is 1.28 bits per heavy atom. The Bertz CT molecular complexity index is 395. The molecule has 1 aliphatic rings. The first kappa shape index (κ1) is 13.6. The summed E-state index contributed by atoms with van der Waals surface area (Å²) in [6, 6.07) is 1.05. The molecule has 1 N–H and O–H groups in total.